The Balaban J connectivity index is 1.91. The van der Waals surface area contributed by atoms with Gasteiger partial charge in [-0.25, -0.2) is 0 Å². The van der Waals surface area contributed by atoms with E-state index in [1.54, 1.807) is 0 Å². The Morgan fingerprint density at radius 2 is 2.00 bits per heavy atom. The molecule has 0 spiro atoms. The molecule has 1 aliphatic rings. The summed E-state index contributed by atoms with van der Waals surface area (Å²) in [5.74, 6) is -0.442. The SMILES string of the molecule is NC1CCC(NC(=O)c2ccc(O)nn2)CC1. The first-order valence-corrected chi connectivity index (χ1v) is 5.74. The van der Waals surface area contributed by atoms with Gasteiger partial charge >= 0.3 is 0 Å². The highest BCUT2D eigenvalue weighted by Gasteiger charge is 2.21. The van der Waals surface area contributed by atoms with E-state index in [-0.39, 0.29) is 29.6 Å². The van der Waals surface area contributed by atoms with Crippen molar-refractivity contribution in [3.05, 3.63) is 17.8 Å². The molecule has 1 aromatic rings. The quantitative estimate of drug-likeness (QED) is 0.680. The number of nitrogens with one attached hydrogen (secondary N) is 1. The molecule has 0 bridgehead atoms. The molecule has 1 saturated carbocycles. The summed E-state index contributed by atoms with van der Waals surface area (Å²) < 4.78 is 0. The topological polar surface area (TPSA) is 101 Å². The zero-order valence-electron chi connectivity index (χ0n) is 9.47. The molecule has 0 atom stereocenters. The summed E-state index contributed by atoms with van der Waals surface area (Å²) in [5, 5.41) is 18.9. The van der Waals surface area contributed by atoms with E-state index in [1.165, 1.54) is 12.1 Å². The first kappa shape index (κ1) is 11.8. The van der Waals surface area contributed by atoms with Crippen LogP contribution in [0.25, 0.3) is 0 Å². The van der Waals surface area contributed by atoms with Crippen LogP contribution >= 0.6 is 0 Å². The molecule has 6 nitrogen and oxygen atoms in total. The Hall–Kier alpha value is -1.69. The van der Waals surface area contributed by atoms with E-state index in [4.69, 9.17) is 10.8 Å². The number of hydrogen-bond donors (Lipinski definition) is 3. The summed E-state index contributed by atoms with van der Waals surface area (Å²) >= 11 is 0. The average molecular weight is 236 g/mol. The highest BCUT2D eigenvalue weighted by atomic mass is 16.3. The third-order valence-corrected chi connectivity index (χ3v) is 2.99. The van der Waals surface area contributed by atoms with E-state index < -0.39 is 0 Å². The second kappa shape index (κ2) is 5.09. The molecule has 0 aromatic carbocycles. The van der Waals surface area contributed by atoms with Crippen molar-refractivity contribution in [1.29, 1.82) is 0 Å². The summed E-state index contributed by atoms with van der Waals surface area (Å²) in [5.41, 5.74) is 6.01. The molecule has 17 heavy (non-hydrogen) atoms. The monoisotopic (exact) mass is 236 g/mol. The van der Waals surface area contributed by atoms with Crippen molar-refractivity contribution < 1.29 is 9.90 Å². The minimum Gasteiger partial charge on any atom is -0.492 e. The molecule has 92 valence electrons. The minimum absolute atomic E-state index is 0.165. The third-order valence-electron chi connectivity index (χ3n) is 2.99. The number of nitrogens with zero attached hydrogens (tertiary/aromatic N) is 2. The van der Waals surface area contributed by atoms with Gasteiger partial charge in [0.15, 0.2) is 5.69 Å². The fraction of sp³-hybridized carbons (Fsp3) is 0.545. The predicted molar refractivity (Wildman–Crippen MR) is 61.4 cm³/mol. The largest absolute Gasteiger partial charge is 0.492 e. The molecule has 1 aliphatic carbocycles. The third kappa shape index (κ3) is 3.13. The van der Waals surface area contributed by atoms with Crippen LogP contribution in [0.4, 0.5) is 0 Å². The fourth-order valence-corrected chi connectivity index (χ4v) is 1.97. The Bertz CT molecular complexity index is 385. The first-order chi connectivity index (χ1) is 8.15. The maximum atomic E-state index is 11.8. The van der Waals surface area contributed by atoms with E-state index in [0.717, 1.165) is 25.7 Å². The standard InChI is InChI=1S/C11H16N4O2/c12-7-1-3-8(4-2-7)13-11(17)9-5-6-10(16)15-14-9/h5-8H,1-4,12H2,(H,13,17)(H,15,16). The number of nitrogens with two attached hydrogens (primary N) is 1. The van der Waals surface area contributed by atoms with E-state index in [0.29, 0.717) is 0 Å². The molecule has 0 unspecified atom stereocenters. The van der Waals surface area contributed by atoms with Crippen LogP contribution in [-0.4, -0.2) is 33.3 Å². The van der Waals surface area contributed by atoms with Gasteiger partial charge in [0.1, 0.15) is 0 Å². The molecule has 0 radical (unpaired) electrons. The van der Waals surface area contributed by atoms with Crippen molar-refractivity contribution >= 4 is 5.91 Å². The van der Waals surface area contributed by atoms with Crippen LogP contribution in [0.2, 0.25) is 0 Å². The molecule has 2 rings (SSSR count). The summed E-state index contributed by atoms with van der Waals surface area (Å²) in [4.78, 5) is 11.8. The fourth-order valence-electron chi connectivity index (χ4n) is 1.97. The van der Waals surface area contributed by atoms with Crippen LogP contribution in [0.5, 0.6) is 5.88 Å². The van der Waals surface area contributed by atoms with E-state index in [9.17, 15) is 4.79 Å². The van der Waals surface area contributed by atoms with Crippen LogP contribution in [0, 0.1) is 0 Å². The molecular formula is C11H16N4O2. The van der Waals surface area contributed by atoms with Crippen LogP contribution in [0.15, 0.2) is 12.1 Å². The van der Waals surface area contributed by atoms with E-state index >= 15 is 0 Å². The Labute approximate surface area is 99.2 Å². The zero-order valence-corrected chi connectivity index (χ0v) is 9.47. The predicted octanol–water partition coefficient (Wildman–Crippen LogP) is 0.182. The van der Waals surface area contributed by atoms with Gasteiger partial charge in [0, 0.05) is 18.2 Å². The summed E-state index contributed by atoms with van der Waals surface area (Å²) in [6.07, 6.45) is 3.68. The van der Waals surface area contributed by atoms with Crippen LogP contribution in [0.3, 0.4) is 0 Å². The van der Waals surface area contributed by atoms with Crippen molar-refractivity contribution in [1.82, 2.24) is 15.5 Å². The number of hydrogen-bond acceptors (Lipinski definition) is 5. The molecular weight excluding hydrogens is 220 g/mol. The number of carbonyl (C=O) groups excluding carboxylic acids is 1. The van der Waals surface area contributed by atoms with Gasteiger partial charge in [0.25, 0.3) is 5.91 Å². The van der Waals surface area contributed by atoms with Crippen LogP contribution < -0.4 is 11.1 Å². The van der Waals surface area contributed by atoms with E-state index in [2.05, 4.69) is 15.5 Å². The lowest BCUT2D eigenvalue weighted by atomic mass is 9.92. The molecule has 1 aromatic heterocycles. The number of aromatic nitrogens is 2. The van der Waals surface area contributed by atoms with E-state index in [1.807, 2.05) is 0 Å². The minimum atomic E-state index is -0.252. The lowest BCUT2D eigenvalue weighted by Crippen LogP contribution is -2.40. The van der Waals surface area contributed by atoms with Crippen molar-refractivity contribution in [2.45, 2.75) is 37.8 Å². The lowest BCUT2D eigenvalue weighted by Gasteiger charge is -2.26. The summed E-state index contributed by atoms with van der Waals surface area (Å²) in [6.45, 7) is 0. The lowest BCUT2D eigenvalue weighted by molar-refractivity contribution is 0.0919. The number of amides is 1. The number of rotatable bonds is 2. The van der Waals surface area contributed by atoms with Crippen molar-refractivity contribution in [3.63, 3.8) is 0 Å². The van der Waals surface area contributed by atoms with Gasteiger partial charge in [0.05, 0.1) is 0 Å². The van der Waals surface area contributed by atoms with Crippen molar-refractivity contribution in [2.75, 3.05) is 0 Å². The van der Waals surface area contributed by atoms with Crippen molar-refractivity contribution in [3.8, 4) is 5.88 Å². The number of aromatic hydroxyl groups is 1. The van der Waals surface area contributed by atoms with Gasteiger partial charge in [-0.3, -0.25) is 4.79 Å². The highest BCUT2D eigenvalue weighted by molar-refractivity contribution is 5.92. The second-order valence-corrected chi connectivity index (χ2v) is 4.36. The molecule has 1 fully saturated rings. The van der Waals surface area contributed by atoms with Gasteiger partial charge in [-0.15, -0.1) is 10.2 Å². The average Bonchev–Trinajstić information content (AvgIpc) is 2.33. The normalized spacial score (nSPS) is 24.3. The van der Waals surface area contributed by atoms with Gasteiger partial charge in [-0.05, 0) is 31.7 Å². The highest BCUT2D eigenvalue weighted by Crippen LogP contribution is 2.17. The first-order valence-electron chi connectivity index (χ1n) is 5.74. The van der Waals surface area contributed by atoms with Gasteiger partial charge < -0.3 is 16.2 Å². The Kier molecular flexibility index (Phi) is 3.53. The summed E-state index contributed by atoms with van der Waals surface area (Å²) in [7, 11) is 0. The molecule has 1 heterocycles. The maximum Gasteiger partial charge on any atom is 0.272 e. The second-order valence-electron chi connectivity index (χ2n) is 4.36. The zero-order chi connectivity index (χ0) is 12.3. The Morgan fingerprint density at radius 3 is 2.59 bits per heavy atom. The van der Waals surface area contributed by atoms with Crippen LogP contribution in [-0.2, 0) is 0 Å². The molecule has 6 heteroatoms. The van der Waals surface area contributed by atoms with Gasteiger partial charge in [0.2, 0.25) is 5.88 Å². The number of carbonyl (C=O) groups is 1. The molecule has 4 N–H and O–H groups in total. The van der Waals surface area contributed by atoms with Gasteiger partial charge in [-0.1, -0.05) is 0 Å². The molecule has 0 aliphatic heterocycles. The smallest absolute Gasteiger partial charge is 0.272 e. The molecule has 1 amide bonds. The Morgan fingerprint density at radius 1 is 1.29 bits per heavy atom. The van der Waals surface area contributed by atoms with Crippen LogP contribution in [0.1, 0.15) is 36.2 Å². The molecule has 0 saturated heterocycles. The van der Waals surface area contributed by atoms with Gasteiger partial charge in [-0.2, -0.15) is 0 Å². The van der Waals surface area contributed by atoms with Crippen molar-refractivity contribution in [2.24, 2.45) is 5.73 Å². The maximum absolute atomic E-state index is 11.8. The summed E-state index contributed by atoms with van der Waals surface area (Å²) in [6, 6.07) is 3.22.